The first-order valence-electron chi connectivity index (χ1n) is 6.78. The van der Waals surface area contributed by atoms with Crippen LogP contribution in [-0.4, -0.2) is 24.7 Å². The predicted octanol–water partition coefficient (Wildman–Crippen LogP) is 1.57. The van der Waals surface area contributed by atoms with Gasteiger partial charge in [-0.2, -0.15) is 5.10 Å². The van der Waals surface area contributed by atoms with E-state index in [0.717, 1.165) is 5.56 Å². The molecule has 0 saturated heterocycles. The first-order valence-corrected chi connectivity index (χ1v) is 8.26. The molecule has 1 aromatic carbocycles. The molecule has 0 bridgehead atoms. The van der Waals surface area contributed by atoms with Crippen molar-refractivity contribution in [3.05, 3.63) is 42.1 Å². The molecule has 0 spiro atoms. The van der Waals surface area contributed by atoms with Gasteiger partial charge in [0.2, 0.25) is 10.0 Å². The van der Waals surface area contributed by atoms with E-state index in [1.54, 1.807) is 0 Å². The SMILES string of the molecule is CC(C)n1ncc(S(=O)(=O)NCCc2ccccc2)c1N. The minimum atomic E-state index is -3.63. The van der Waals surface area contributed by atoms with E-state index in [4.69, 9.17) is 5.73 Å². The minimum absolute atomic E-state index is 0.0123. The second-order valence-corrected chi connectivity index (χ2v) is 6.80. The molecule has 1 aromatic heterocycles. The highest BCUT2D eigenvalue weighted by molar-refractivity contribution is 7.89. The van der Waals surface area contributed by atoms with Crippen LogP contribution in [0.15, 0.2) is 41.4 Å². The molecule has 7 heteroatoms. The molecule has 21 heavy (non-hydrogen) atoms. The molecule has 6 nitrogen and oxygen atoms in total. The topological polar surface area (TPSA) is 90.0 Å². The van der Waals surface area contributed by atoms with E-state index in [1.165, 1.54) is 10.9 Å². The zero-order valence-corrected chi connectivity index (χ0v) is 13.0. The van der Waals surface area contributed by atoms with Gasteiger partial charge in [-0.3, -0.25) is 0 Å². The molecule has 0 unspecified atom stereocenters. The lowest BCUT2D eigenvalue weighted by Crippen LogP contribution is -2.26. The van der Waals surface area contributed by atoms with Crippen LogP contribution in [0.3, 0.4) is 0 Å². The van der Waals surface area contributed by atoms with Crippen LogP contribution < -0.4 is 10.5 Å². The Morgan fingerprint density at radius 1 is 1.29 bits per heavy atom. The highest BCUT2D eigenvalue weighted by Crippen LogP contribution is 2.20. The van der Waals surface area contributed by atoms with Crippen LogP contribution in [-0.2, 0) is 16.4 Å². The lowest BCUT2D eigenvalue weighted by atomic mass is 10.2. The van der Waals surface area contributed by atoms with Gasteiger partial charge in [-0.05, 0) is 25.8 Å². The van der Waals surface area contributed by atoms with Crippen molar-refractivity contribution in [1.82, 2.24) is 14.5 Å². The van der Waals surface area contributed by atoms with Crippen molar-refractivity contribution < 1.29 is 8.42 Å². The van der Waals surface area contributed by atoms with Crippen molar-refractivity contribution in [2.75, 3.05) is 12.3 Å². The predicted molar refractivity (Wildman–Crippen MR) is 82.4 cm³/mol. The van der Waals surface area contributed by atoms with Gasteiger partial charge >= 0.3 is 0 Å². The molecule has 2 rings (SSSR count). The Labute approximate surface area is 125 Å². The number of nitrogen functional groups attached to an aromatic ring is 1. The van der Waals surface area contributed by atoms with Gasteiger partial charge in [-0.1, -0.05) is 30.3 Å². The summed E-state index contributed by atoms with van der Waals surface area (Å²) in [5, 5.41) is 4.02. The Bertz CT molecular complexity index is 693. The maximum absolute atomic E-state index is 12.2. The number of nitrogens with zero attached hydrogens (tertiary/aromatic N) is 2. The number of nitrogens with two attached hydrogens (primary N) is 1. The number of hydrogen-bond acceptors (Lipinski definition) is 4. The third-order valence-corrected chi connectivity index (χ3v) is 4.60. The fourth-order valence-corrected chi connectivity index (χ4v) is 3.11. The Morgan fingerprint density at radius 3 is 2.52 bits per heavy atom. The van der Waals surface area contributed by atoms with Gasteiger partial charge in [0.15, 0.2) is 0 Å². The first-order chi connectivity index (χ1) is 9.92. The van der Waals surface area contributed by atoms with Gasteiger partial charge < -0.3 is 5.73 Å². The van der Waals surface area contributed by atoms with E-state index < -0.39 is 10.0 Å². The first kappa shape index (κ1) is 15.5. The summed E-state index contributed by atoms with van der Waals surface area (Å²) in [6.07, 6.45) is 1.92. The maximum Gasteiger partial charge on any atom is 0.245 e. The van der Waals surface area contributed by atoms with Crippen LogP contribution in [0.1, 0.15) is 25.5 Å². The number of benzene rings is 1. The summed E-state index contributed by atoms with van der Waals surface area (Å²) in [6, 6.07) is 9.70. The summed E-state index contributed by atoms with van der Waals surface area (Å²) < 4.78 is 28.5. The fraction of sp³-hybridized carbons (Fsp3) is 0.357. The largest absolute Gasteiger partial charge is 0.383 e. The number of sulfonamides is 1. The second kappa shape index (κ2) is 6.28. The van der Waals surface area contributed by atoms with Crippen molar-refractivity contribution in [3.63, 3.8) is 0 Å². The van der Waals surface area contributed by atoms with Gasteiger partial charge in [0, 0.05) is 12.6 Å². The van der Waals surface area contributed by atoms with Crippen molar-refractivity contribution in [1.29, 1.82) is 0 Å². The highest BCUT2D eigenvalue weighted by atomic mass is 32.2. The van der Waals surface area contributed by atoms with Crippen LogP contribution in [0, 0.1) is 0 Å². The van der Waals surface area contributed by atoms with E-state index in [2.05, 4.69) is 9.82 Å². The van der Waals surface area contributed by atoms with Crippen molar-refractivity contribution in [2.45, 2.75) is 31.2 Å². The lowest BCUT2D eigenvalue weighted by Gasteiger charge is -2.09. The van der Waals surface area contributed by atoms with Gasteiger partial charge in [0.05, 0.1) is 6.20 Å². The van der Waals surface area contributed by atoms with Gasteiger partial charge in [0.1, 0.15) is 10.7 Å². The zero-order chi connectivity index (χ0) is 15.5. The molecule has 0 aliphatic heterocycles. The Kier molecular flexibility index (Phi) is 4.64. The summed E-state index contributed by atoms with van der Waals surface area (Å²) >= 11 is 0. The van der Waals surface area contributed by atoms with Crippen molar-refractivity contribution >= 4 is 15.8 Å². The zero-order valence-electron chi connectivity index (χ0n) is 12.2. The Morgan fingerprint density at radius 2 is 1.95 bits per heavy atom. The molecule has 0 aliphatic carbocycles. The Hall–Kier alpha value is -1.86. The van der Waals surface area contributed by atoms with E-state index >= 15 is 0 Å². The van der Waals surface area contributed by atoms with Crippen molar-refractivity contribution in [2.24, 2.45) is 0 Å². The van der Waals surface area contributed by atoms with E-state index in [1.807, 2.05) is 44.2 Å². The molecule has 0 amide bonds. The molecule has 0 radical (unpaired) electrons. The molecule has 114 valence electrons. The molecular weight excluding hydrogens is 288 g/mol. The van der Waals surface area contributed by atoms with Crippen LogP contribution in [0.5, 0.6) is 0 Å². The molecule has 2 aromatic rings. The number of hydrogen-bond donors (Lipinski definition) is 2. The van der Waals surface area contributed by atoms with Crippen LogP contribution in [0.25, 0.3) is 0 Å². The van der Waals surface area contributed by atoms with Gasteiger partial charge in [-0.15, -0.1) is 0 Å². The maximum atomic E-state index is 12.2. The smallest absolute Gasteiger partial charge is 0.245 e. The monoisotopic (exact) mass is 308 g/mol. The molecule has 1 heterocycles. The summed E-state index contributed by atoms with van der Waals surface area (Å²) in [5.41, 5.74) is 6.93. The standard InChI is InChI=1S/C14H20N4O2S/c1-11(2)18-14(15)13(10-16-18)21(19,20)17-9-8-12-6-4-3-5-7-12/h3-7,10-11,17H,8-9,15H2,1-2H3. The molecular formula is C14H20N4O2S. The quantitative estimate of drug-likeness (QED) is 0.847. The van der Waals surface area contributed by atoms with E-state index in [9.17, 15) is 8.42 Å². The minimum Gasteiger partial charge on any atom is -0.383 e. The molecule has 3 N–H and O–H groups in total. The van der Waals surface area contributed by atoms with Crippen molar-refractivity contribution in [3.8, 4) is 0 Å². The summed E-state index contributed by atoms with van der Waals surface area (Å²) in [7, 11) is -3.63. The molecule has 0 aliphatic rings. The normalized spacial score (nSPS) is 12.0. The fourth-order valence-electron chi connectivity index (χ4n) is 2.03. The molecule has 0 saturated carbocycles. The number of aromatic nitrogens is 2. The van der Waals surface area contributed by atoms with Gasteiger partial charge in [-0.25, -0.2) is 17.8 Å². The number of nitrogens with one attached hydrogen (secondary N) is 1. The van der Waals surface area contributed by atoms with Gasteiger partial charge in [0.25, 0.3) is 0 Å². The number of rotatable bonds is 6. The third-order valence-electron chi connectivity index (χ3n) is 3.13. The van der Waals surface area contributed by atoms with Crippen LogP contribution in [0.2, 0.25) is 0 Å². The summed E-state index contributed by atoms with van der Waals surface area (Å²) in [5.74, 6) is 0.164. The number of anilines is 1. The highest BCUT2D eigenvalue weighted by Gasteiger charge is 2.22. The van der Waals surface area contributed by atoms with Crippen LogP contribution in [0.4, 0.5) is 5.82 Å². The van der Waals surface area contributed by atoms with Crippen LogP contribution >= 0.6 is 0 Å². The summed E-state index contributed by atoms with van der Waals surface area (Å²) in [4.78, 5) is 0.0317. The average molecular weight is 308 g/mol. The van der Waals surface area contributed by atoms with E-state index in [0.29, 0.717) is 13.0 Å². The van der Waals surface area contributed by atoms with E-state index in [-0.39, 0.29) is 16.8 Å². The Balaban J connectivity index is 2.05. The molecule has 0 fully saturated rings. The third kappa shape index (κ3) is 3.62. The lowest BCUT2D eigenvalue weighted by molar-refractivity contribution is 0.539. The second-order valence-electron chi connectivity index (χ2n) is 5.07. The summed E-state index contributed by atoms with van der Waals surface area (Å²) in [6.45, 7) is 4.10. The molecule has 0 atom stereocenters. The average Bonchev–Trinajstić information content (AvgIpc) is 2.82.